The van der Waals surface area contributed by atoms with E-state index in [9.17, 15) is 4.79 Å². The van der Waals surface area contributed by atoms with Crippen molar-refractivity contribution in [3.8, 4) is 0 Å². The van der Waals surface area contributed by atoms with Crippen molar-refractivity contribution < 1.29 is 14.6 Å². The Labute approximate surface area is 77.0 Å². The van der Waals surface area contributed by atoms with Crippen LogP contribution < -0.4 is 0 Å². The minimum atomic E-state index is -0.778. The van der Waals surface area contributed by atoms with E-state index in [0.29, 0.717) is 5.57 Å². The number of aliphatic hydroxyl groups is 1. The molecule has 0 aliphatic heterocycles. The largest absolute Gasteiger partial charge is 0.460 e. The van der Waals surface area contributed by atoms with Crippen LogP contribution in [0.3, 0.4) is 0 Å². The van der Waals surface area contributed by atoms with Gasteiger partial charge in [-0.2, -0.15) is 0 Å². The minimum absolute atomic E-state index is 0.0481. The number of hydrogen-bond acceptors (Lipinski definition) is 3. The number of hydrogen-bond donors (Lipinski definition) is 1. The predicted octanol–water partition coefficient (Wildman–Crippen LogP) is 1.10. The lowest BCUT2D eigenvalue weighted by Gasteiger charge is -2.07. The molecule has 0 fully saturated rings. The third kappa shape index (κ3) is 4.36. The number of rotatable bonds is 4. The molecule has 70 valence electrons. The molecule has 12 heavy (non-hydrogen) atoms. The molecule has 0 amide bonds. The standard InChI is InChI=1S/C8H13ClO3/c1-3-6(2)8(11)12-5-7(10)4-9/h3,7,10H,4-5H2,1-2H3. The van der Waals surface area contributed by atoms with Gasteiger partial charge in [-0.1, -0.05) is 6.08 Å². The van der Waals surface area contributed by atoms with Crippen molar-refractivity contribution in [3.05, 3.63) is 11.6 Å². The summed E-state index contributed by atoms with van der Waals surface area (Å²) < 4.78 is 4.71. The monoisotopic (exact) mass is 192 g/mol. The number of allylic oxidation sites excluding steroid dienone is 1. The van der Waals surface area contributed by atoms with Gasteiger partial charge in [0.15, 0.2) is 0 Å². The molecule has 4 heteroatoms. The summed E-state index contributed by atoms with van der Waals surface area (Å²) >= 11 is 5.29. The molecule has 0 heterocycles. The van der Waals surface area contributed by atoms with Crippen molar-refractivity contribution in [2.24, 2.45) is 0 Å². The van der Waals surface area contributed by atoms with E-state index < -0.39 is 12.1 Å². The summed E-state index contributed by atoms with van der Waals surface area (Å²) in [7, 11) is 0. The quantitative estimate of drug-likeness (QED) is 0.412. The van der Waals surface area contributed by atoms with Crippen LogP contribution in [0, 0.1) is 0 Å². The Morgan fingerprint density at radius 3 is 2.75 bits per heavy atom. The smallest absolute Gasteiger partial charge is 0.333 e. The summed E-state index contributed by atoms with van der Waals surface area (Å²) in [6.07, 6.45) is 0.871. The number of carbonyl (C=O) groups is 1. The molecule has 0 saturated heterocycles. The lowest BCUT2D eigenvalue weighted by atomic mass is 10.3. The summed E-state index contributed by atoms with van der Waals surface area (Å²) in [5, 5.41) is 8.93. The van der Waals surface area contributed by atoms with Crippen LogP contribution in [0.4, 0.5) is 0 Å². The zero-order valence-electron chi connectivity index (χ0n) is 7.21. The third-order valence-corrected chi connectivity index (χ3v) is 1.70. The molecule has 0 aromatic carbocycles. The molecule has 0 rings (SSSR count). The summed E-state index contributed by atoms with van der Waals surface area (Å²) in [5.41, 5.74) is 0.525. The van der Waals surface area contributed by atoms with E-state index in [-0.39, 0.29) is 12.5 Å². The second-order valence-electron chi connectivity index (χ2n) is 2.38. The van der Waals surface area contributed by atoms with Crippen molar-refractivity contribution in [1.29, 1.82) is 0 Å². The molecule has 1 N–H and O–H groups in total. The zero-order chi connectivity index (χ0) is 9.56. The third-order valence-electron chi connectivity index (χ3n) is 1.34. The Morgan fingerprint density at radius 1 is 1.75 bits per heavy atom. The van der Waals surface area contributed by atoms with E-state index in [4.69, 9.17) is 21.4 Å². The Balaban J connectivity index is 3.72. The van der Waals surface area contributed by atoms with E-state index in [1.54, 1.807) is 19.9 Å². The highest BCUT2D eigenvalue weighted by Crippen LogP contribution is 1.97. The van der Waals surface area contributed by atoms with Crippen LogP contribution in [0.5, 0.6) is 0 Å². The fraction of sp³-hybridized carbons (Fsp3) is 0.625. The van der Waals surface area contributed by atoms with Gasteiger partial charge in [0.05, 0.1) is 5.88 Å². The number of alkyl halides is 1. The molecular formula is C8H13ClO3. The van der Waals surface area contributed by atoms with Gasteiger partial charge in [0.25, 0.3) is 0 Å². The number of carbonyl (C=O) groups excluding carboxylic acids is 1. The van der Waals surface area contributed by atoms with Crippen LogP contribution in [0.1, 0.15) is 13.8 Å². The number of ether oxygens (including phenoxy) is 1. The highest BCUT2D eigenvalue weighted by Gasteiger charge is 2.08. The molecule has 3 nitrogen and oxygen atoms in total. The minimum Gasteiger partial charge on any atom is -0.460 e. The van der Waals surface area contributed by atoms with Crippen LogP contribution >= 0.6 is 11.6 Å². The van der Waals surface area contributed by atoms with Gasteiger partial charge >= 0.3 is 5.97 Å². The highest BCUT2D eigenvalue weighted by molar-refractivity contribution is 6.18. The first kappa shape index (κ1) is 11.5. The van der Waals surface area contributed by atoms with E-state index >= 15 is 0 Å². The van der Waals surface area contributed by atoms with Crippen molar-refractivity contribution in [3.63, 3.8) is 0 Å². The van der Waals surface area contributed by atoms with Gasteiger partial charge in [-0.15, -0.1) is 11.6 Å². The molecule has 0 aromatic heterocycles. The second kappa shape index (κ2) is 6.03. The number of esters is 1. The maximum Gasteiger partial charge on any atom is 0.333 e. The van der Waals surface area contributed by atoms with Gasteiger partial charge in [0.2, 0.25) is 0 Å². The summed E-state index contributed by atoms with van der Waals surface area (Å²) in [6, 6.07) is 0. The predicted molar refractivity (Wildman–Crippen MR) is 47.1 cm³/mol. The van der Waals surface area contributed by atoms with Gasteiger partial charge in [-0.3, -0.25) is 0 Å². The Bertz CT molecular complexity index is 177. The second-order valence-corrected chi connectivity index (χ2v) is 2.69. The van der Waals surface area contributed by atoms with Crippen LogP contribution in [0.2, 0.25) is 0 Å². The van der Waals surface area contributed by atoms with Crippen molar-refractivity contribution in [2.45, 2.75) is 20.0 Å². The zero-order valence-corrected chi connectivity index (χ0v) is 7.97. The van der Waals surface area contributed by atoms with Crippen molar-refractivity contribution in [2.75, 3.05) is 12.5 Å². The molecule has 0 aliphatic rings. The Hall–Kier alpha value is -0.540. The highest BCUT2D eigenvalue weighted by atomic mass is 35.5. The van der Waals surface area contributed by atoms with Gasteiger partial charge in [0, 0.05) is 5.57 Å². The first-order valence-corrected chi connectivity index (χ1v) is 4.19. The average molecular weight is 193 g/mol. The Kier molecular flexibility index (Phi) is 5.76. The maximum absolute atomic E-state index is 10.9. The average Bonchev–Trinajstić information content (AvgIpc) is 2.11. The number of halogens is 1. The summed E-state index contributed by atoms with van der Waals surface area (Å²) in [4.78, 5) is 10.9. The van der Waals surface area contributed by atoms with Crippen LogP contribution in [0.25, 0.3) is 0 Å². The van der Waals surface area contributed by atoms with Crippen LogP contribution in [-0.2, 0) is 9.53 Å². The van der Waals surface area contributed by atoms with E-state index in [1.165, 1.54) is 0 Å². The topological polar surface area (TPSA) is 46.5 Å². The molecule has 0 bridgehead atoms. The van der Waals surface area contributed by atoms with Gasteiger partial charge in [-0.25, -0.2) is 4.79 Å². The first-order valence-electron chi connectivity index (χ1n) is 3.65. The molecule has 0 spiro atoms. The first-order chi connectivity index (χ1) is 5.61. The molecule has 1 unspecified atom stereocenters. The van der Waals surface area contributed by atoms with E-state index in [2.05, 4.69) is 0 Å². The molecule has 0 radical (unpaired) electrons. The lowest BCUT2D eigenvalue weighted by molar-refractivity contribution is -0.141. The van der Waals surface area contributed by atoms with Crippen LogP contribution in [-0.4, -0.2) is 29.7 Å². The van der Waals surface area contributed by atoms with Gasteiger partial charge in [0.1, 0.15) is 12.7 Å². The molecule has 0 aromatic rings. The lowest BCUT2D eigenvalue weighted by Crippen LogP contribution is -2.20. The van der Waals surface area contributed by atoms with Crippen LogP contribution in [0.15, 0.2) is 11.6 Å². The molecule has 1 atom stereocenters. The van der Waals surface area contributed by atoms with E-state index in [0.717, 1.165) is 0 Å². The SMILES string of the molecule is CC=C(C)C(=O)OCC(O)CCl. The van der Waals surface area contributed by atoms with E-state index in [1.807, 2.05) is 0 Å². The Morgan fingerprint density at radius 2 is 2.33 bits per heavy atom. The van der Waals surface area contributed by atoms with Gasteiger partial charge < -0.3 is 9.84 Å². The molecule has 0 saturated carbocycles. The maximum atomic E-state index is 10.9. The molecular weight excluding hydrogens is 180 g/mol. The van der Waals surface area contributed by atoms with Crippen molar-refractivity contribution in [1.82, 2.24) is 0 Å². The van der Waals surface area contributed by atoms with Gasteiger partial charge in [-0.05, 0) is 13.8 Å². The summed E-state index contributed by atoms with van der Waals surface area (Å²) in [6.45, 7) is 3.34. The number of aliphatic hydroxyl groups excluding tert-OH is 1. The van der Waals surface area contributed by atoms with Crippen molar-refractivity contribution >= 4 is 17.6 Å². The fourth-order valence-electron chi connectivity index (χ4n) is 0.448. The normalized spacial score (nSPS) is 14.2. The fourth-order valence-corrected chi connectivity index (χ4v) is 0.537. The summed E-state index contributed by atoms with van der Waals surface area (Å²) in [5.74, 6) is -0.344. The molecule has 0 aliphatic carbocycles.